The van der Waals surface area contributed by atoms with Gasteiger partial charge in [0.05, 0.1) is 39.1 Å². The number of methoxy groups -OCH3 is 1. The van der Waals surface area contributed by atoms with E-state index in [-0.39, 0.29) is 39.0 Å². The predicted octanol–water partition coefficient (Wildman–Crippen LogP) is 3.61. The molecule has 0 spiro atoms. The van der Waals surface area contributed by atoms with Crippen LogP contribution in [0.25, 0.3) is 0 Å². The first-order chi connectivity index (χ1) is 10.9. The van der Waals surface area contributed by atoms with E-state index in [4.69, 9.17) is 27.6 Å². The summed E-state index contributed by atoms with van der Waals surface area (Å²) in [6, 6.07) is 0. The molecule has 138 valence electrons. The normalized spacial score (nSPS) is 19.1. The number of epoxide rings is 1. The molecule has 8 nitrogen and oxygen atoms in total. The molecule has 0 aliphatic carbocycles. The van der Waals surface area contributed by atoms with Crippen LogP contribution < -0.4 is 0 Å². The molecule has 0 aromatic rings. The van der Waals surface area contributed by atoms with Crippen molar-refractivity contribution in [2.75, 3.05) is 40.1 Å². The minimum Gasteiger partial charge on any atom is -0.373 e. The standard InChI is InChI=1S/C13H28O8P2/c1-6-18-22(14,19-7-2)13(16-5,10-12-11-17-12)23(15,20-8-3)21-9-4/h12H,6-11H2,1-5H3. The highest BCUT2D eigenvalue weighted by Crippen LogP contribution is 2.79. The minimum atomic E-state index is -3.97. The second-order valence-electron chi connectivity index (χ2n) is 4.77. The molecule has 0 aromatic carbocycles. The van der Waals surface area contributed by atoms with E-state index >= 15 is 0 Å². The van der Waals surface area contributed by atoms with Gasteiger partial charge in [-0.2, -0.15) is 0 Å². The molecule has 1 fully saturated rings. The lowest BCUT2D eigenvalue weighted by Gasteiger charge is -2.40. The molecule has 1 saturated heterocycles. The van der Waals surface area contributed by atoms with E-state index in [1.807, 2.05) is 0 Å². The number of ether oxygens (including phenoxy) is 2. The Labute approximate surface area is 138 Å². The molecule has 0 radical (unpaired) electrons. The summed E-state index contributed by atoms with van der Waals surface area (Å²) in [4.78, 5) is 0. The highest BCUT2D eigenvalue weighted by Gasteiger charge is 2.68. The topological polar surface area (TPSA) is 92.8 Å². The quantitative estimate of drug-likeness (QED) is 0.357. The molecule has 23 heavy (non-hydrogen) atoms. The van der Waals surface area contributed by atoms with Crippen LogP contribution >= 0.6 is 15.2 Å². The zero-order valence-electron chi connectivity index (χ0n) is 14.5. The van der Waals surface area contributed by atoms with Gasteiger partial charge in [-0.25, -0.2) is 0 Å². The van der Waals surface area contributed by atoms with Crippen LogP contribution in [0.4, 0.5) is 0 Å². The van der Waals surface area contributed by atoms with Crippen molar-refractivity contribution >= 4 is 15.2 Å². The van der Waals surface area contributed by atoms with Crippen LogP contribution in [0.5, 0.6) is 0 Å². The molecular formula is C13H28O8P2. The van der Waals surface area contributed by atoms with Gasteiger partial charge in [-0.1, -0.05) is 0 Å². The van der Waals surface area contributed by atoms with Crippen LogP contribution in [0.15, 0.2) is 0 Å². The zero-order chi connectivity index (χ0) is 17.6. The molecular weight excluding hydrogens is 346 g/mol. The molecule has 1 aliphatic rings. The SMILES string of the molecule is CCOP(=O)(OCC)C(CC1CO1)(OC)P(=O)(OCC)OCC. The van der Waals surface area contributed by atoms with Crippen molar-refractivity contribution in [2.45, 2.75) is 45.3 Å². The fraction of sp³-hybridized carbons (Fsp3) is 1.00. The van der Waals surface area contributed by atoms with Gasteiger partial charge < -0.3 is 27.6 Å². The second-order valence-corrected chi connectivity index (χ2v) is 9.59. The average Bonchev–Trinajstić information content (AvgIpc) is 3.29. The van der Waals surface area contributed by atoms with Crippen molar-refractivity contribution in [3.8, 4) is 0 Å². The Hall–Kier alpha value is 0.220. The van der Waals surface area contributed by atoms with E-state index in [1.54, 1.807) is 27.7 Å². The van der Waals surface area contributed by atoms with E-state index in [9.17, 15) is 9.13 Å². The maximum absolute atomic E-state index is 13.5. The third kappa shape index (κ3) is 4.44. The van der Waals surface area contributed by atoms with E-state index < -0.39 is 20.3 Å². The first-order valence-electron chi connectivity index (χ1n) is 7.83. The Bertz CT molecular complexity index is 401. The molecule has 10 heteroatoms. The fourth-order valence-electron chi connectivity index (χ4n) is 2.32. The van der Waals surface area contributed by atoms with Gasteiger partial charge in [0.25, 0.3) is 5.08 Å². The summed E-state index contributed by atoms with van der Waals surface area (Å²) < 4.78 is 59.3. The summed E-state index contributed by atoms with van der Waals surface area (Å²) in [5, 5.41) is -1.86. The highest BCUT2D eigenvalue weighted by atomic mass is 31.2. The number of hydrogen-bond donors (Lipinski definition) is 0. The predicted molar refractivity (Wildman–Crippen MR) is 85.8 cm³/mol. The van der Waals surface area contributed by atoms with Gasteiger partial charge in [0.1, 0.15) is 0 Å². The Morgan fingerprint density at radius 1 is 0.913 bits per heavy atom. The molecule has 0 aromatic heterocycles. The number of rotatable bonds is 13. The van der Waals surface area contributed by atoms with Gasteiger partial charge in [0.2, 0.25) is 0 Å². The first kappa shape index (κ1) is 21.3. The van der Waals surface area contributed by atoms with Gasteiger partial charge in [-0.05, 0) is 27.7 Å². The average molecular weight is 374 g/mol. The van der Waals surface area contributed by atoms with Crippen molar-refractivity contribution in [2.24, 2.45) is 0 Å². The monoisotopic (exact) mass is 374 g/mol. The van der Waals surface area contributed by atoms with Crippen LogP contribution in [0.2, 0.25) is 0 Å². The fourth-order valence-corrected chi connectivity index (χ4v) is 7.83. The van der Waals surface area contributed by atoms with E-state index in [0.29, 0.717) is 6.61 Å². The summed E-state index contributed by atoms with van der Waals surface area (Å²) in [5.41, 5.74) is 0. The Kier molecular flexibility index (Phi) is 8.38. The third-order valence-corrected chi connectivity index (χ3v) is 9.58. The lowest BCUT2D eigenvalue weighted by atomic mass is 10.3. The van der Waals surface area contributed by atoms with Crippen molar-refractivity contribution in [1.29, 1.82) is 0 Å². The molecule has 1 atom stereocenters. The summed E-state index contributed by atoms with van der Waals surface area (Å²) in [6.45, 7) is 7.56. The summed E-state index contributed by atoms with van der Waals surface area (Å²) in [5.74, 6) is 0. The Balaban J connectivity index is 3.43. The van der Waals surface area contributed by atoms with E-state index in [2.05, 4.69) is 0 Å². The van der Waals surface area contributed by atoms with Gasteiger partial charge in [0.15, 0.2) is 0 Å². The summed E-state index contributed by atoms with van der Waals surface area (Å²) in [7, 11) is -6.64. The van der Waals surface area contributed by atoms with Crippen LogP contribution in [-0.2, 0) is 36.7 Å². The second kappa shape index (κ2) is 9.07. The smallest absolute Gasteiger partial charge is 0.373 e. The lowest BCUT2D eigenvalue weighted by Crippen LogP contribution is -2.37. The summed E-state index contributed by atoms with van der Waals surface area (Å²) >= 11 is 0. The number of hydrogen-bond acceptors (Lipinski definition) is 8. The van der Waals surface area contributed by atoms with Gasteiger partial charge >= 0.3 is 15.2 Å². The third-order valence-electron chi connectivity index (χ3n) is 3.27. The maximum atomic E-state index is 13.5. The molecule has 1 unspecified atom stereocenters. The summed E-state index contributed by atoms with van der Waals surface area (Å²) in [6.07, 6.45) is -0.212. The van der Waals surface area contributed by atoms with Gasteiger partial charge in [-0.3, -0.25) is 9.13 Å². The lowest BCUT2D eigenvalue weighted by molar-refractivity contribution is 0.0373. The highest BCUT2D eigenvalue weighted by molar-refractivity contribution is 7.74. The first-order valence-corrected chi connectivity index (χ1v) is 10.9. The van der Waals surface area contributed by atoms with Gasteiger partial charge in [0, 0.05) is 13.5 Å². The van der Waals surface area contributed by atoms with E-state index in [1.165, 1.54) is 7.11 Å². The Morgan fingerprint density at radius 3 is 1.48 bits per heavy atom. The molecule has 0 bridgehead atoms. The van der Waals surface area contributed by atoms with Crippen LogP contribution in [0.1, 0.15) is 34.1 Å². The van der Waals surface area contributed by atoms with E-state index in [0.717, 1.165) is 0 Å². The Morgan fingerprint density at radius 2 is 1.26 bits per heavy atom. The molecule has 1 heterocycles. The maximum Gasteiger partial charge on any atom is 0.374 e. The van der Waals surface area contributed by atoms with Crippen molar-refractivity contribution in [1.82, 2.24) is 0 Å². The molecule has 1 rings (SSSR count). The largest absolute Gasteiger partial charge is 0.374 e. The zero-order valence-corrected chi connectivity index (χ0v) is 16.3. The molecule has 1 aliphatic heterocycles. The van der Waals surface area contributed by atoms with Crippen molar-refractivity contribution in [3.63, 3.8) is 0 Å². The van der Waals surface area contributed by atoms with Crippen LogP contribution in [0.3, 0.4) is 0 Å². The van der Waals surface area contributed by atoms with Crippen molar-refractivity contribution in [3.05, 3.63) is 0 Å². The van der Waals surface area contributed by atoms with Gasteiger partial charge in [-0.15, -0.1) is 0 Å². The van der Waals surface area contributed by atoms with Crippen LogP contribution in [-0.4, -0.2) is 51.3 Å². The minimum absolute atomic E-state index is 0.0397. The molecule has 0 N–H and O–H groups in total. The molecule has 0 amide bonds. The van der Waals surface area contributed by atoms with Crippen molar-refractivity contribution < 1.29 is 36.7 Å². The molecule has 0 saturated carbocycles. The van der Waals surface area contributed by atoms with Crippen LogP contribution in [0, 0.1) is 0 Å².